The second kappa shape index (κ2) is 8.51. The van der Waals surface area contributed by atoms with Crippen molar-refractivity contribution in [1.82, 2.24) is 24.0 Å². The highest BCUT2D eigenvalue weighted by Crippen LogP contribution is 2.22. The summed E-state index contributed by atoms with van der Waals surface area (Å²) in [4.78, 5) is 30.2. The van der Waals surface area contributed by atoms with Gasteiger partial charge in [0.1, 0.15) is 5.65 Å². The van der Waals surface area contributed by atoms with Crippen LogP contribution in [0.5, 0.6) is 0 Å². The number of fused-ring (bicyclic) bond motifs is 1. The van der Waals surface area contributed by atoms with Crippen molar-refractivity contribution in [3.63, 3.8) is 0 Å². The topological polar surface area (TPSA) is 108 Å². The molecule has 1 aromatic carbocycles. The Morgan fingerprint density at radius 1 is 1.09 bits per heavy atom. The highest BCUT2D eigenvalue weighted by molar-refractivity contribution is 7.89. The van der Waals surface area contributed by atoms with Crippen molar-refractivity contribution in [2.45, 2.75) is 31.6 Å². The lowest BCUT2D eigenvalue weighted by Gasteiger charge is -2.34. The molecule has 0 bridgehead atoms. The average molecular weight is 458 g/mol. The quantitative estimate of drug-likeness (QED) is 0.622. The van der Waals surface area contributed by atoms with E-state index in [-0.39, 0.29) is 35.9 Å². The summed E-state index contributed by atoms with van der Waals surface area (Å²) in [5.74, 6) is -0.0800. The van der Waals surface area contributed by atoms with Gasteiger partial charge in [-0.2, -0.15) is 9.40 Å². The first-order valence-corrected chi connectivity index (χ1v) is 12.0. The maximum atomic E-state index is 12.8. The van der Waals surface area contributed by atoms with Crippen LogP contribution in [0, 0.1) is 13.8 Å². The first-order valence-electron chi connectivity index (χ1n) is 10.6. The molecule has 10 heteroatoms. The normalized spacial score (nSPS) is 15.4. The third-order valence-electron chi connectivity index (χ3n) is 6.12. The van der Waals surface area contributed by atoms with Gasteiger partial charge in [-0.15, -0.1) is 0 Å². The molecule has 0 unspecified atom stereocenters. The molecule has 1 aliphatic rings. The van der Waals surface area contributed by atoms with E-state index in [0.717, 1.165) is 16.6 Å². The summed E-state index contributed by atoms with van der Waals surface area (Å²) in [6.07, 6.45) is 0.521. The molecule has 1 fully saturated rings. The van der Waals surface area contributed by atoms with Gasteiger partial charge in [-0.1, -0.05) is 18.2 Å². The summed E-state index contributed by atoms with van der Waals surface area (Å²) in [5, 5.41) is 5.28. The van der Waals surface area contributed by atoms with E-state index in [1.807, 2.05) is 13.8 Å². The van der Waals surface area contributed by atoms with E-state index in [9.17, 15) is 18.0 Å². The van der Waals surface area contributed by atoms with Gasteiger partial charge < -0.3 is 9.88 Å². The second-order valence-electron chi connectivity index (χ2n) is 8.09. The Kier molecular flexibility index (Phi) is 5.91. The largest absolute Gasteiger partial charge is 0.340 e. The van der Waals surface area contributed by atoms with Crippen LogP contribution in [0.4, 0.5) is 0 Å². The van der Waals surface area contributed by atoms with E-state index in [1.165, 1.54) is 4.31 Å². The fourth-order valence-corrected chi connectivity index (χ4v) is 5.81. The molecule has 32 heavy (non-hydrogen) atoms. The van der Waals surface area contributed by atoms with E-state index in [4.69, 9.17) is 0 Å². The Morgan fingerprint density at radius 3 is 2.41 bits per heavy atom. The fourth-order valence-electron chi connectivity index (χ4n) is 4.37. The number of sulfonamides is 1. The summed E-state index contributed by atoms with van der Waals surface area (Å²) >= 11 is 0. The molecule has 1 N–H and O–H groups in total. The minimum absolute atomic E-state index is 0.0800. The molecule has 1 amide bonds. The maximum Gasteiger partial charge on any atom is 0.253 e. The molecule has 1 aliphatic heterocycles. The smallest absolute Gasteiger partial charge is 0.253 e. The van der Waals surface area contributed by atoms with Gasteiger partial charge in [0.2, 0.25) is 15.9 Å². The SMILES string of the molecule is Cc1nn(C)c2[nH]c(=O)c(CCC(=O)N3CCN(S(=O)(=O)c4ccccc4)CC3)c(C)c12. The van der Waals surface area contributed by atoms with Gasteiger partial charge in [0.25, 0.3) is 5.56 Å². The van der Waals surface area contributed by atoms with Crippen molar-refractivity contribution in [1.29, 1.82) is 0 Å². The minimum Gasteiger partial charge on any atom is -0.340 e. The van der Waals surface area contributed by atoms with Crippen molar-refractivity contribution >= 4 is 27.0 Å². The summed E-state index contributed by atoms with van der Waals surface area (Å²) in [5.41, 5.74) is 2.74. The summed E-state index contributed by atoms with van der Waals surface area (Å²) < 4.78 is 28.6. The Bertz CT molecular complexity index is 1320. The number of nitrogens with one attached hydrogen (secondary N) is 1. The number of hydrogen-bond donors (Lipinski definition) is 1. The Labute approximate surface area is 186 Å². The van der Waals surface area contributed by atoms with Crippen molar-refractivity contribution in [3.8, 4) is 0 Å². The summed E-state index contributed by atoms with van der Waals surface area (Å²) in [6.45, 7) is 4.96. The molecule has 3 heterocycles. The van der Waals surface area contributed by atoms with Crippen LogP contribution in [-0.2, 0) is 28.3 Å². The van der Waals surface area contributed by atoms with Gasteiger partial charge in [-0.05, 0) is 38.0 Å². The van der Waals surface area contributed by atoms with Crippen LogP contribution >= 0.6 is 0 Å². The standard InChI is InChI=1S/C22H27N5O4S/c1-15-18(22(29)23-21-20(15)16(2)24-25(21)3)9-10-19(28)26-11-13-27(14-12-26)32(30,31)17-7-5-4-6-8-17/h4-8H,9-14H2,1-3H3,(H,23,29). The number of nitrogens with zero attached hydrogens (tertiary/aromatic N) is 4. The second-order valence-corrected chi connectivity index (χ2v) is 10.0. The molecule has 0 saturated carbocycles. The molecule has 0 radical (unpaired) electrons. The van der Waals surface area contributed by atoms with Gasteiger partial charge >= 0.3 is 0 Å². The summed E-state index contributed by atoms with van der Waals surface area (Å²) in [6, 6.07) is 8.32. The van der Waals surface area contributed by atoms with Gasteiger partial charge in [0.05, 0.1) is 10.6 Å². The number of benzene rings is 1. The predicted octanol–water partition coefficient (Wildman–Crippen LogP) is 1.34. The first kappa shape index (κ1) is 22.2. The predicted molar refractivity (Wildman–Crippen MR) is 121 cm³/mol. The molecule has 0 spiro atoms. The van der Waals surface area contributed by atoms with Crippen molar-refractivity contribution < 1.29 is 13.2 Å². The van der Waals surface area contributed by atoms with E-state index < -0.39 is 10.0 Å². The fraction of sp³-hybridized carbons (Fsp3) is 0.409. The Balaban J connectivity index is 1.41. The lowest BCUT2D eigenvalue weighted by atomic mass is 10.0. The highest BCUT2D eigenvalue weighted by Gasteiger charge is 2.30. The lowest BCUT2D eigenvalue weighted by Crippen LogP contribution is -2.50. The third kappa shape index (κ3) is 3.95. The van der Waals surface area contributed by atoms with E-state index in [0.29, 0.717) is 30.7 Å². The molecule has 4 rings (SSSR count). The molecule has 9 nitrogen and oxygen atoms in total. The zero-order valence-electron chi connectivity index (χ0n) is 18.5. The van der Waals surface area contributed by atoms with Crippen LogP contribution in [0.1, 0.15) is 23.2 Å². The number of carbonyl (C=O) groups is 1. The Morgan fingerprint density at radius 2 is 1.75 bits per heavy atom. The zero-order chi connectivity index (χ0) is 23.0. The van der Waals surface area contributed by atoms with Crippen molar-refractivity contribution in [3.05, 3.63) is 57.5 Å². The number of amides is 1. The first-order chi connectivity index (χ1) is 15.2. The number of H-pyrrole nitrogens is 1. The van der Waals surface area contributed by atoms with Crippen LogP contribution in [0.25, 0.3) is 11.0 Å². The molecule has 0 atom stereocenters. The summed E-state index contributed by atoms with van der Waals surface area (Å²) in [7, 11) is -1.78. The molecule has 2 aromatic heterocycles. The molecule has 1 saturated heterocycles. The van der Waals surface area contributed by atoms with Gasteiger partial charge in [0.15, 0.2) is 0 Å². The Hall–Kier alpha value is -2.98. The lowest BCUT2D eigenvalue weighted by molar-refractivity contribution is -0.132. The van der Waals surface area contributed by atoms with Crippen LogP contribution in [0.2, 0.25) is 0 Å². The molecular formula is C22H27N5O4S. The van der Waals surface area contributed by atoms with Crippen LogP contribution < -0.4 is 5.56 Å². The number of aromatic nitrogens is 3. The molecular weight excluding hydrogens is 430 g/mol. The number of carbonyl (C=O) groups excluding carboxylic acids is 1. The van der Waals surface area contributed by atoms with Gasteiger partial charge in [-0.3, -0.25) is 14.3 Å². The van der Waals surface area contributed by atoms with Crippen molar-refractivity contribution in [2.75, 3.05) is 26.2 Å². The van der Waals surface area contributed by atoms with Crippen molar-refractivity contribution in [2.24, 2.45) is 7.05 Å². The number of rotatable bonds is 5. The van der Waals surface area contributed by atoms with Gasteiger partial charge in [0, 0.05) is 50.6 Å². The van der Waals surface area contributed by atoms with Crippen LogP contribution in [0.3, 0.4) is 0 Å². The van der Waals surface area contributed by atoms with E-state index in [2.05, 4.69) is 10.1 Å². The number of pyridine rings is 1. The van der Waals surface area contributed by atoms with E-state index >= 15 is 0 Å². The average Bonchev–Trinajstić information content (AvgIpc) is 3.07. The molecule has 170 valence electrons. The monoisotopic (exact) mass is 457 g/mol. The third-order valence-corrected chi connectivity index (χ3v) is 8.03. The number of piperazine rings is 1. The molecule has 0 aliphatic carbocycles. The highest BCUT2D eigenvalue weighted by atomic mass is 32.2. The zero-order valence-corrected chi connectivity index (χ0v) is 19.3. The molecule has 3 aromatic rings. The van der Waals surface area contributed by atoms with E-state index in [1.54, 1.807) is 47.0 Å². The number of aryl methyl sites for hydroxylation is 3. The minimum atomic E-state index is -3.56. The number of hydrogen-bond acceptors (Lipinski definition) is 5. The number of aromatic amines is 1. The van der Waals surface area contributed by atoms with Crippen LogP contribution in [0.15, 0.2) is 40.0 Å². The van der Waals surface area contributed by atoms with Crippen LogP contribution in [-0.4, -0.2) is 64.5 Å². The van der Waals surface area contributed by atoms with Gasteiger partial charge in [-0.25, -0.2) is 8.42 Å². The maximum absolute atomic E-state index is 12.8.